The summed E-state index contributed by atoms with van der Waals surface area (Å²) < 4.78 is 2.02. The monoisotopic (exact) mass is 476 g/mol. The highest BCUT2D eigenvalue weighted by Gasteiger charge is 2.42. The predicted molar refractivity (Wildman–Crippen MR) is 141 cm³/mol. The van der Waals surface area contributed by atoms with Gasteiger partial charge in [-0.25, -0.2) is 0 Å². The van der Waals surface area contributed by atoms with Gasteiger partial charge in [-0.05, 0) is 93.3 Å². The number of benzene rings is 1. The van der Waals surface area contributed by atoms with Crippen molar-refractivity contribution < 1.29 is 4.79 Å². The van der Waals surface area contributed by atoms with E-state index in [4.69, 9.17) is 12.2 Å². The molecule has 0 radical (unpaired) electrons. The van der Waals surface area contributed by atoms with E-state index in [2.05, 4.69) is 16.3 Å². The summed E-state index contributed by atoms with van der Waals surface area (Å²) in [6.45, 7) is 4.63. The lowest BCUT2D eigenvalue weighted by Crippen LogP contribution is -2.46. The van der Waals surface area contributed by atoms with Gasteiger partial charge in [-0.3, -0.25) is 4.79 Å². The first kappa shape index (κ1) is 23.2. The maximum atomic E-state index is 13.4. The minimum atomic E-state index is 0.142. The van der Waals surface area contributed by atoms with Gasteiger partial charge in [0.2, 0.25) is 0 Å². The Hall–Kier alpha value is -2.60. The van der Waals surface area contributed by atoms with Crippen molar-refractivity contribution in [2.24, 2.45) is 5.41 Å². The maximum Gasteiger partial charge on any atom is 0.255 e. The molecule has 0 atom stereocenters. The number of hydrogen-bond donors (Lipinski definition) is 1. The van der Waals surface area contributed by atoms with Crippen LogP contribution in [0.4, 0.5) is 0 Å². The van der Waals surface area contributed by atoms with Crippen LogP contribution in [0.3, 0.4) is 0 Å². The first-order chi connectivity index (χ1) is 16.6. The average molecular weight is 477 g/mol. The number of likely N-dealkylation sites (tertiary alicyclic amines) is 2. The third kappa shape index (κ3) is 5.07. The minimum Gasteiger partial charge on any atom is -0.362 e. The summed E-state index contributed by atoms with van der Waals surface area (Å²) in [5, 5.41) is 4.42. The number of aromatic nitrogens is 1. The van der Waals surface area contributed by atoms with Crippen LogP contribution in [0.25, 0.3) is 5.69 Å². The van der Waals surface area contributed by atoms with Crippen LogP contribution in [-0.2, 0) is 0 Å². The van der Waals surface area contributed by atoms with Crippen molar-refractivity contribution in [2.45, 2.75) is 51.4 Å². The van der Waals surface area contributed by atoms with E-state index in [1.54, 1.807) is 5.57 Å². The van der Waals surface area contributed by atoms with Crippen LogP contribution in [0, 0.1) is 5.41 Å². The molecule has 5 nitrogen and oxygen atoms in total. The summed E-state index contributed by atoms with van der Waals surface area (Å²) >= 11 is 5.74. The molecule has 2 fully saturated rings. The Bertz CT molecular complexity index is 1040. The van der Waals surface area contributed by atoms with Crippen LogP contribution in [0.5, 0.6) is 0 Å². The summed E-state index contributed by atoms with van der Waals surface area (Å²) in [5.41, 5.74) is 3.61. The molecule has 34 heavy (non-hydrogen) atoms. The zero-order chi connectivity index (χ0) is 23.4. The van der Waals surface area contributed by atoms with Gasteiger partial charge in [-0.15, -0.1) is 0 Å². The Morgan fingerprint density at radius 2 is 1.71 bits per heavy atom. The van der Waals surface area contributed by atoms with Gasteiger partial charge in [-0.1, -0.05) is 23.8 Å². The Kier molecular flexibility index (Phi) is 7.05. The van der Waals surface area contributed by atoms with Gasteiger partial charge in [0.25, 0.3) is 5.91 Å². The first-order valence-corrected chi connectivity index (χ1v) is 13.3. The third-order valence-corrected chi connectivity index (χ3v) is 8.36. The topological polar surface area (TPSA) is 40.5 Å². The number of allylic oxidation sites excluding steroid dienone is 1. The predicted octanol–water partition coefficient (Wildman–Crippen LogP) is 5.17. The van der Waals surface area contributed by atoms with E-state index in [0.717, 1.165) is 68.3 Å². The maximum absolute atomic E-state index is 13.4. The number of rotatable bonds is 5. The average Bonchev–Trinajstić information content (AvgIpc) is 3.56. The smallest absolute Gasteiger partial charge is 0.255 e. The number of hydrogen-bond acceptors (Lipinski definition) is 2. The van der Waals surface area contributed by atoms with Gasteiger partial charge in [0.1, 0.15) is 0 Å². The molecule has 1 amide bonds. The first-order valence-electron chi connectivity index (χ1n) is 12.9. The zero-order valence-electron chi connectivity index (χ0n) is 20.0. The Balaban J connectivity index is 1.13. The van der Waals surface area contributed by atoms with E-state index in [1.165, 1.54) is 32.1 Å². The molecule has 1 N–H and O–H groups in total. The highest BCUT2D eigenvalue weighted by molar-refractivity contribution is 7.80. The lowest BCUT2D eigenvalue weighted by molar-refractivity contribution is 0.0598. The molecule has 6 heteroatoms. The van der Waals surface area contributed by atoms with Crippen molar-refractivity contribution in [2.75, 3.05) is 32.7 Å². The number of nitrogens with one attached hydrogen (secondary N) is 1. The quantitative estimate of drug-likeness (QED) is 0.477. The molecule has 3 aliphatic rings. The minimum absolute atomic E-state index is 0.142. The molecule has 1 aromatic carbocycles. The number of thiocarbonyl (C=S) groups is 1. The van der Waals surface area contributed by atoms with E-state index >= 15 is 0 Å². The van der Waals surface area contributed by atoms with Crippen LogP contribution in [-0.4, -0.2) is 58.1 Å². The SMILES string of the molecule is O=C(c1ccccc1-n1cccc1)N1CCC2(CC1)CCN(C(=S)NCCC1=CCCCC1)C2. The molecule has 5 rings (SSSR count). The van der Waals surface area contributed by atoms with E-state index in [1.807, 2.05) is 58.3 Å². The number of carbonyl (C=O) groups is 1. The van der Waals surface area contributed by atoms with E-state index < -0.39 is 0 Å². The second-order valence-corrected chi connectivity index (χ2v) is 10.5. The Labute approximate surface area is 208 Å². The van der Waals surface area contributed by atoms with E-state index in [0.29, 0.717) is 0 Å². The molecule has 2 aromatic rings. The van der Waals surface area contributed by atoms with Gasteiger partial charge in [0, 0.05) is 45.1 Å². The molecule has 3 heterocycles. The molecular formula is C28H36N4OS. The second-order valence-electron chi connectivity index (χ2n) is 10.2. The number of piperidine rings is 1. The van der Waals surface area contributed by atoms with Gasteiger partial charge >= 0.3 is 0 Å². The highest BCUT2D eigenvalue weighted by Crippen LogP contribution is 2.40. The van der Waals surface area contributed by atoms with Crippen molar-refractivity contribution in [1.29, 1.82) is 0 Å². The fraction of sp³-hybridized carbons (Fsp3) is 0.500. The largest absolute Gasteiger partial charge is 0.362 e. The molecular weight excluding hydrogens is 440 g/mol. The van der Waals surface area contributed by atoms with Crippen molar-refractivity contribution >= 4 is 23.2 Å². The van der Waals surface area contributed by atoms with Crippen LogP contribution < -0.4 is 5.32 Å². The molecule has 0 saturated carbocycles. The van der Waals surface area contributed by atoms with Crippen molar-refractivity contribution in [3.05, 3.63) is 66.0 Å². The molecule has 0 bridgehead atoms. The van der Waals surface area contributed by atoms with E-state index in [-0.39, 0.29) is 11.3 Å². The normalized spacial score (nSPS) is 19.8. The summed E-state index contributed by atoms with van der Waals surface area (Å²) in [7, 11) is 0. The summed E-state index contributed by atoms with van der Waals surface area (Å²) in [5.74, 6) is 0.142. The van der Waals surface area contributed by atoms with E-state index in [9.17, 15) is 4.79 Å². The van der Waals surface area contributed by atoms with Crippen molar-refractivity contribution in [1.82, 2.24) is 19.7 Å². The summed E-state index contributed by atoms with van der Waals surface area (Å²) in [6, 6.07) is 11.9. The van der Waals surface area contributed by atoms with Crippen LogP contribution in [0.1, 0.15) is 61.7 Å². The lowest BCUT2D eigenvalue weighted by Gasteiger charge is -2.39. The van der Waals surface area contributed by atoms with Gasteiger partial charge in [0.05, 0.1) is 11.3 Å². The number of carbonyl (C=O) groups excluding carboxylic acids is 1. The van der Waals surface area contributed by atoms with Gasteiger partial charge < -0.3 is 19.7 Å². The molecule has 2 aliphatic heterocycles. The third-order valence-electron chi connectivity index (χ3n) is 7.96. The van der Waals surface area contributed by atoms with Crippen LogP contribution >= 0.6 is 12.2 Å². The highest BCUT2D eigenvalue weighted by atomic mass is 32.1. The fourth-order valence-corrected chi connectivity index (χ4v) is 6.08. The molecule has 0 unspecified atom stereocenters. The standard InChI is InChI=1S/C28H36N4OS/c33-26(24-10-4-5-11-25(24)30-17-6-7-18-30)31-19-13-28(14-20-31)15-21-32(22-28)27(34)29-16-12-23-8-2-1-3-9-23/h4-8,10-11,17-18H,1-3,9,12-16,19-22H2,(H,29,34). The molecule has 1 spiro atoms. The summed E-state index contributed by atoms with van der Waals surface area (Å²) in [6.07, 6.45) is 16.0. The van der Waals surface area contributed by atoms with Gasteiger partial charge in [-0.2, -0.15) is 0 Å². The second kappa shape index (κ2) is 10.3. The number of nitrogens with zero attached hydrogens (tertiary/aromatic N) is 3. The molecule has 180 valence electrons. The Morgan fingerprint density at radius 3 is 2.44 bits per heavy atom. The van der Waals surface area contributed by atoms with Crippen LogP contribution in [0.2, 0.25) is 0 Å². The van der Waals surface area contributed by atoms with Crippen molar-refractivity contribution in [3.63, 3.8) is 0 Å². The van der Waals surface area contributed by atoms with Crippen LogP contribution in [0.15, 0.2) is 60.4 Å². The molecule has 1 aliphatic carbocycles. The zero-order valence-corrected chi connectivity index (χ0v) is 20.9. The lowest BCUT2D eigenvalue weighted by atomic mass is 9.77. The van der Waals surface area contributed by atoms with Gasteiger partial charge in [0.15, 0.2) is 5.11 Å². The molecule has 2 saturated heterocycles. The number of para-hydroxylation sites is 1. The molecule has 1 aromatic heterocycles. The number of amides is 1. The van der Waals surface area contributed by atoms with Crippen molar-refractivity contribution in [3.8, 4) is 5.69 Å². The Morgan fingerprint density at radius 1 is 0.971 bits per heavy atom. The fourth-order valence-electron chi connectivity index (χ4n) is 5.82. The summed E-state index contributed by atoms with van der Waals surface area (Å²) in [4.78, 5) is 17.8.